The van der Waals surface area contributed by atoms with Crippen LogP contribution in [0.1, 0.15) is 33.6 Å². The topological polar surface area (TPSA) is 3.24 Å². The molecule has 2 rings (SSSR count). The number of fused-ring (bicyclic) bond motifs is 2. The summed E-state index contributed by atoms with van der Waals surface area (Å²) < 4.78 is 0. The van der Waals surface area contributed by atoms with Gasteiger partial charge in [0, 0.05) is 18.6 Å². The number of hydrogen-bond acceptors (Lipinski definition) is 1. The lowest BCUT2D eigenvalue weighted by molar-refractivity contribution is 0.131. The highest BCUT2D eigenvalue weighted by Crippen LogP contribution is 2.42. The molecule has 1 saturated heterocycles. The van der Waals surface area contributed by atoms with Gasteiger partial charge in [0.2, 0.25) is 0 Å². The molecular formula is C10H19N. The van der Waals surface area contributed by atoms with Gasteiger partial charge in [-0.05, 0) is 38.5 Å². The Bertz CT molecular complexity index is 153. The molecule has 3 atom stereocenters. The monoisotopic (exact) mass is 153 g/mol. The molecular weight excluding hydrogens is 134 g/mol. The van der Waals surface area contributed by atoms with E-state index in [1.165, 1.54) is 19.4 Å². The van der Waals surface area contributed by atoms with Crippen LogP contribution in [0.3, 0.4) is 0 Å². The summed E-state index contributed by atoms with van der Waals surface area (Å²) in [6.45, 7) is 8.45. The van der Waals surface area contributed by atoms with Gasteiger partial charge in [-0.15, -0.1) is 0 Å². The second-order valence-electron chi connectivity index (χ2n) is 4.67. The van der Waals surface area contributed by atoms with E-state index in [2.05, 4.69) is 25.7 Å². The van der Waals surface area contributed by atoms with Gasteiger partial charge in [-0.2, -0.15) is 0 Å². The van der Waals surface area contributed by atoms with Gasteiger partial charge in [-0.25, -0.2) is 0 Å². The highest BCUT2D eigenvalue weighted by molar-refractivity contribution is 4.97. The fourth-order valence-electron chi connectivity index (χ4n) is 2.99. The normalized spacial score (nSPS) is 44.2. The zero-order valence-electron chi connectivity index (χ0n) is 7.88. The van der Waals surface area contributed by atoms with Gasteiger partial charge in [0.05, 0.1) is 0 Å². The molecule has 1 heterocycles. The van der Waals surface area contributed by atoms with Crippen LogP contribution in [0.2, 0.25) is 0 Å². The molecule has 64 valence electrons. The number of likely N-dealkylation sites (tertiary alicyclic amines) is 1. The molecule has 2 aliphatic rings. The fourth-order valence-corrected chi connectivity index (χ4v) is 2.99. The lowest BCUT2D eigenvalue weighted by Crippen LogP contribution is -2.41. The van der Waals surface area contributed by atoms with Crippen molar-refractivity contribution in [2.75, 3.05) is 6.54 Å². The minimum absolute atomic E-state index is 0.771. The zero-order valence-corrected chi connectivity index (χ0v) is 7.88. The Morgan fingerprint density at radius 2 is 2.00 bits per heavy atom. The van der Waals surface area contributed by atoms with E-state index in [4.69, 9.17) is 0 Å². The maximum atomic E-state index is 2.69. The molecule has 0 spiro atoms. The van der Waals surface area contributed by atoms with Crippen LogP contribution >= 0.6 is 0 Å². The van der Waals surface area contributed by atoms with E-state index in [1.807, 2.05) is 0 Å². The predicted molar refractivity (Wildman–Crippen MR) is 47.5 cm³/mol. The molecule has 1 saturated carbocycles. The molecule has 0 aromatic rings. The summed E-state index contributed by atoms with van der Waals surface area (Å²) in [4.78, 5) is 2.69. The second-order valence-corrected chi connectivity index (χ2v) is 4.67. The average molecular weight is 153 g/mol. The van der Waals surface area contributed by atoms with Gasteiger partial charge in [0.25, 0.3) is 0 Å². The Kier molecular flexibility index (Phi) is 1.71. The molecule has 0 aromatic carbocycles. The number of rotatable bonds is 1. The van der Waals surface area contributed by atoms with Gasteiger partial charge in [-0.1, -0.05) is 6.92 Å². The van der Waals surface area contributed by atoms with Crippen molar-refractivity contribution in [2.24, 2.45) is 11.8 Å². The summed E-state index contributed by atoms with van der Waals surface area (Å²) in [6.07, 6.45) is 2.98. The summed E-state index contributed by atoms with van der Waals surface area (Å²) in [7, 11) is 0. The first-order valence-electron chi connectivity index (χ1n) is 4.94. The molecule has 1 aliphatic heterocycles. The number of nitrogens with zero attached hydrogens (tertiary/aromatic N) is 1. The molecule has 11 heavy (non-hydrogen) atoms. The third-order valence-corrected chi connectivity index (χ3v) is 3.50. The smallest absolute Gasteiger partial charge is 0.0127 e. The first kappa shape index (κ1) is 7.60. The van der Waals surface area contributed by atoms with E-state index >= 15 is 0 Å². The molecule has 0 amide bonds. The van der Waals surface area contributed by atoms with Crippen molar-refractivity contribution >= 4 is 0 Å². The molecule has 0 N–H and O–H groups in total. The molecule has 1 aliphatic carbocycles. The molecule has 2 fully saturated rings. The van der Waals surface area contributed by atoms with Gasteiger partial charge in [0.15, 0.2) is 0 Å². The molecule has 0 aromatic heterocycles. The summed E-state index contributed by atoms with van der Waals surface area (Å²) >= 11 is 0. The highest BCUT2D eigenvalue weighted by Gasteiger charge is 2.43. The molecule has 1 heteroatoms. The average Bonchev–Trinajstić information content (AvgIpc) is 2.43. The minimum Gasteiger partial charge on any atom is -0.297 e. The fraction of sp³-hybridized carbons (Fsp3) is 1.00. The van der Waals surface area contributed by atoms with Gasteiger partial charge in [-0.3, -0.25) is 4.90 Å². The van der Waals surface area contributed by atoms with E-state index in [1.54, 1.807) is 0 Å². The SMILES string of the molecule is CC1CC2CC1N(C(C)C)C2. The van der Waals surface area contributed by atoms with Gasteiger partial charge >= 0.3 is 0 Å². The van der Waals surface area contributed by atoms with Crippen LogP contribution in [0.5, 0.6) is 0 Å². The Hall–Kier alpha value is -0.0400. The summed E-state index contributed by atoms with van der Waals surface area (Å²) in [5, 5.41) is 0. The van der Waals surface area contributed by atoms with Crippen LogP contribution < -0.4 is 0 Å². The van der Waals surface area contributed by atoms with Crippen LogP contribution in [0.4, 0.5) is 0 Å². The summed E-state index contributed by atoms with van der Waals surface area (Å²) in [5.74, 6) is 2.01. The molecule has 3 unspecified atom stereocenters. The number of hydrogen-bond donors (Lipinski definition) is 0. The maximum absolute atomic E-state index is 2.69. The van der Waals surface area contributed by atoms with Crippen LogP contribution in [-0.4, -0.2) is 23.5 Å². The van der Waals surface area contributed by atoms with Crippen LogP contribution in [-0.2, 0) is 0 Å². The molecule has 1 nitrogen and oxygen atoms in total. The summed E-state index contributed by atoms with van der Waals surface area (Å²) in [5.41, 5.74) is 0. The van der Waals surface area contributed by atoms with E-state index in [0.717, 1.165) is 23.9 Å². The highest BCUT2D eigenvalue weighted by atomic mass is 15.2. The van der Waals surface area contributed by atoms with E-state index in [0.29, 0.717) is 0 Å². The minimum atomic E-state index is 0.771. The first-order valence-corrected chi connectivity index (χ1v) is 4.94. The Labute approximate surface area is 69.8 Å². The lowest BCUT2D eigenvalue weighted by Gasteiger charge is -2.34. The largest absolute Gasteiger partial charge is 0.297 e. The Morgan fingerprint density at radius 1 is 1.27 bits per heavy atom. The van der Waals surface area contributed by atoms with Crippen LogP contribution in [0, 0.1) is 11.8 Å². The Balaban J connectivity index is 2.06. The second kappa shape index (κ2) is 2.48. The van der Waals surface area contributed by atoms with Crippen LogP contribution in [0.15, 0.2) is 0 Å². The maximum Gasteiger partial charge on any atom is 0.0127 e. The zero-order chi connectivity index (χ0) is 8.01. The first-order chi connectivity index (χ1) is 5.18. The van der Waals surface area contributed by atoms with Crippen molar-refractivity contribution in [3.63, 3.8) is 0 Å². The van der Waals surface area contributed by atoms with E-state index < -0.39 is 0 Å². The lowest BCUT2D eigenvalue weighted by atomic mass is 9.99. The van der Waals surface area contributed by atoms with Crippen molar-refractivity contribution in [2.45, 2.75) is 45.7 Å². The Morgan fingerprint density at radius 3 is 2.36 bits per heavy atom. The third kappa shape index (κ3) is 1.10. The van der Waals surface area contributed by atoms with Crippen molar-refractivity contribution in [3.05, 3.63) is 0 Å². The van der Waals surface area contributed by atoms with Gasteiger partial charge in [0.1, 0.15) is 0 Å². The van der Waals surface area contributed by atoms with Crippen molar-refractivity contribution in [3.8, 4) is 0 Å². The summed E-state index contributed by atoms with van der Waals surface area (Å²) in [6, 6.07) is 1.70. The van der Waals surface area contributed by atoms with Crippen molar-refractivity contribution in [1.29, 1.82) is 0 Å². The quantitative estimate of drug-likeness (QED) is 0.558. The van der Waals surface area contributed by atoms with Crippen molar-refractivity contribution < 1.29 is 0 Å². The van der Waals surface area contributed by atoms with E-state index in [9.17, 15) is 0 Å². The number of piperidine rings is 1. The predicted octanol–water partition coefficient (Wildman–Crippen LogP) is 2.13. The van der Waals surface area contributed by atoms with E-state index in [-0.39, 0.29) is 0 Å². The van der Waals surface area contributed by atoms with Gasteiger partial charge < -0.3 is 0 Å². The molecule has 0 radical (unpaired) electrons. The van der Waals surface area contributed by atoms with Crippen LogP contribution in [0.25, 0.3) is 0 Å². The molecule has 2 bridgehead atoms. The third-order valence-electron chi connectivity index (χ3n) is 3.50. The standard InChI is InChI=1S/C10H19N/c1-7(2)11-6-9-4-8(3)10(11)5-9/h7-10H,4-6H2,1-3H3. The van der Waals surface area contributed by atoms with Crippen molar-refractivity contribution in [1.82, 2.24) is 4.90 Å².